The second kappa shape index (κ2) is 7.90. The monoisotopic (exact) mass is 383 g/mol. The standard InChI is InChI=1S/C22H17N5O2/c1-2-29-22(28)21-18(13-27-14-24-19(12-23)26-27)25-17-11-7-6-10-16(17)20(21)15-8-4-3-5-9-15/h3-11,14H,2,13H2,1H3. The normalized spacial score (nSPS) is 10.6. The van der Waals surface area contributed by atoms with E-state index in [0.717, 1.165) is 22.0 Å². The van der Waals surface area contributed by atoms with Crippen LogP contribution in [0.4, 0.5) is 0 Å². The highest BCUT2D eigenvalue weighted by molar-refractivity contribution is 6.07. The molecule has 0 atom stereocenters. The fourth-order valence-electron chi connectivity index (χ4n) is 3.28. The van der Waals surface area contributed by atoms with E-state index in [-0.39, 0.29) is 19.0 Å². The second-order valence-corrected chi connectivity index (χ2v) is 6.29. The molecule has 0 aliphatic heterocycles. The molecule has 2 heterocycles. The van der Waals surface area contributed by atoms with Crippen molar-refractivity contribution in [3.8, 4) is 17.2 Å². The first-order valence-electron chi connectivity index (χ1n) is 9.15. The van der Waals surface area contributed by atoms with E-state index in [1.165, 1.54) is 11.0 Å². The SMILES string of the molecule is CCOC(=O)c1c(Cn2cnc(C#N)n2)nc2ccccc2c1-c1ccccc1. The second-order valence-electron chi connectivity index (χ2n) is 6.29. The molecule has 4 aromatic rings. The van der Waals surface area contributed by atoms with E-state index in [9.17, 15) is 4.79 Å². The molecule has 0 unspecified atom stereocenters. The predicted octanol–water partition coefficient (Wildman–Crippen LogP) is 3.59. The van der Waals surface area contributed by atoms with E-state index in [1.54, 1.807) is 6.92 Å². The Labute approximate surface area is 167 Å². The van der Waals surface area contributed by atoms with E-state index in [1.807, 2.05) is 60.7 Å². The quantitative estimate of drug-likeness (QED) is 0.489. The minimum atomic E-state index is -0.444. The van der Waals surface area contributed by atoms with Crippen molar-refractivity contribution in [3.63, 3.8) is 0 Å². The third kappa shape index (κ3) is 3.56. The summed E-state index contributed by atoms with van der Waals surface area (Å²) in [5.41, 5.74) is 3.33. The van der Waals surface area contributed by atoms with Gasteiger partial charge in [-0.3, -0.25) is 0 Å². The summed E-state index contributed by atoms with van der Waals surface area (Å²) in [6.45, 7) is 2.21. The molecule has 0 N–H and O–H groups in total. The van der Waals surface area contributed by atoms with Crippen molar-refractivity contribution in [2.24, 2.45) is 0 Å². The smallest absolute Gasteiger partial charge is 0.340 e. The predicted molar refractivity (Wildman–Crippen MR) is 107 cm³/mol. The van der Waals surface area contributed by atoms with Gasteiger partial charge in [-0.05, 0) is 18.6 Å². The van der Waals surface area contributed by atoms with E-state index in [4.69, 9.17) is 15.0 Å². The summed E-state index contributed by atoms with van der Waals surface area (Å²) < 4.78 is 6.86. The zero-order valence-corrected chi connectivity index (χ0v) is 15.7. The molecule has 29 heavy (non-hydrogen) atoms. The Morgan fingerprint density at radius 2 is 1.90 bits per heavy atom. The number of carbonyl (C=O) groups excluding carboxylic acids is 1. The van der Waals surface area contributed by atoms with Gasteiger partial charge in [-0.25, -0.2) is 19.4 Å². The van der Waals surface area contributed by atoms with Crippen LogP contribution < -0.4 is 0 Å². The van der Waals surface area contributed by atoms with Crippen molar-refractivity contribution >= 4 is 16.9 Å². The highest BCUT2D eigenvalue weighted by Crippen LogP contribution is 2.34. The number of hydrogen-bond acceptors (Lipinski definition) is 6. The summed E-state index contributed by atoms with van der Waals surface area (Å²) >= 11 is 0. The molecular formula is C22H17N5O2. The first kappa shape index (κ1) is 18.3. The van der Waals surface area contributed by atoms with Gasteiger partial charge in [-0.2, -0.15) is 5.26 Å². The number of nitrogens with zero attached hydrogens (tertiary/aromatic N) is 5. The van der Waals surface area contributed by atoms with E-state index >= 15 is 0 Å². The third-order valence-corrected chi connectivity index (χ3v) is 4.46. The van der Waals surface area contributed by atoms with Crippen LogP contribution in [0.1, 0.15) is 28.8 Å². The van der Waals surface area contributed by atoms with Crippen molar-refractivity contribution in [1.29, 1.82) is 5.26 Å². The first-order chi connectivity index (χ1) is 14.2. The topological polar surface area (TPSA) is 93.7 Å². The van der Waals surface area contributed by atoms with E-state index in [0.29, 0.717) is 11.3 Å². The Morgan fingerprint density at radius 3 is 2.62 bits per heavy atom. The molecule has 0 saturated heterocycles. The Morgan fingerprint density at radius 1 is 1.14 bits per heavy atom. The summed E-state index contributed by atoms with van der Waals surface area (Å²) in [5.74, 6) is -0.382. The third-order valence-electron chi connectivity index (χ3n) is 4.46. The van der Waals surface area contributed by atoms with Crippen LogP contribution in [-0.4, -0.2) is 32.3 Å². The van der Waals surface area contributed by atoms with Gasteiger partial charge in [0.05, 0.1) is 29.9 Å². The number of nitriles is 1. The average molecular weight is 383 g/mol. The van der Waals surface area contributed by atoms with E-state index < -0.39 is 5.97 Å². The molecule has 0 aliphatic carbocycles. The molecule has 0 amide bonds. The largest absolute Gasteiger partial charge is 0.462 e. The number of hydrogen-bond donors (Lipinski definition) is 0. The lowest BCUT2D eigenvalue weighted by molar-refractivity contribution is 0.0525. The molecule has 7 heteroatoms. The zero-order valence-electron chi connectivity index (χ0n) is 15.7. The van der Waals surface area contributed by atoms with E-state index in [2.05, 4.69) is 10.1 Å². The summed E-state index contributed by atoms with van der Waals surface area (Å²) in [4.78, 5) is 21.6. The van der Waals surface area contributed by atoms with Crippen LogP contribution in [0, 0.1) is 11.3 Å². The summed E-state index contributed by atoms with van der Waals surface area (Å²) in [7, 11) is 0. The van der Waals surface area contributed by atoms with Crippen molar-refractivity contribution < 1.29 is 9.53 Å². The number of benzene rings is 2. The molecule has 2 aromatic carbocycles. The minimum Gasteiger partial charge on any atom is -0.462 e. The Balaban J connectivity index is 2.00. The lowest BCUT2D eigenvalue weighted by Crippen LogP contribution is -2.15. The number of esters is 1. The molecule has 0 fully saturated rings. The molecular weight excluding hydrogens is 366 g/mol. The summed E-state index contributed by atoms with van der Waals surface area (Å²) in [6, 6.07) is 19.3. The van der Waals surface area contributed by atoms with Gasteiger partial charge in [-0.15, -0.1) is 5.10 Å². The maximum Gasteiger partial charge on any atom is 0.340 e. The first-order valence-corrected chi connectivity index (χ1v) is 9.15. The Hall–Kier alpha value is -4.05. The highest BCUT2D eigenvalue weighted by Gasteiger charge is 2.23. The van der Waals surface area contributed by atoms with Crippen molar-refractivity contribution in [1.82, 2.24) is 19.7 Å². The molecule has 0 radical (unpaired) electrons. The van der Waals surface area contributed by atoms with Gasteiger partial charge < -0.3 is 4.74 Å². The average Bonchev–Trinajstić information content (AvgIpc) is 3.21. The molecule has 0 bridgehead atoms. The van der Waals surface area contributed by atoms with Crippen LogP contribution in [0.2, 0.25) is 0 Å². The van der Waals surface area contributed by atoms with Crippen LogP contribution in [0.25, 0.3) is 22.0 Å². The van der Waals surface area contributed by atoms with Crippen molar-refractivity contribution in [2.45, 2.75) is 13.5 Å². The fourth-order valence-corrected chi connectivity index (χ4v) is 3.28. The number of fused-ring (bicyclic) bond motifs is 1. The van der Waals surface area contributed by atoms with Gasteiger partial charge >= 0.3 is 5.97 Å². The maximum atomic E-state index is 13.0. The summed E-state index contributed by atoms with van der Waals surface area (Å²) in [5, 5.41) is 14.0. The number of carbonyl (C=O) groups is 1. The van der Waals surface area contributed by atoms with Crippen LogP contribution in [-0.2, 0) is 11.3 Å². The molecule has 0 spiro atoms. The van der Waals surface area contributed by atoms with Crippen LogP contribution >= 0.6 is 0 Å². The molecule has 7 nitrogen and oxygen atoms in total. The maximum absolute atomic E-state index is 13.0. The molecule has 0 saturated carbocycles. The number of aromatic nitrogens is 4. The molecule has 2 aromatic heterocycles. The Kier molecular flexibility index (Phi) is 4.99. The van der Waals surface area contributed by atoms with Crippen molar-refractivity contribution in [2.75, 3.05) is 6.61 Å². The van der Waals surface area contributed by atoms with Crippen LogP contribution in [0.15, 0.2) is 60.9 Å². The molecule has 4 rings (SSSR count). The van der Waals surface area contributed by atoms with Gasteiger partial charge in [0, 0.05) is 10.9 Å². The highest BCUT2D eigenvalue weighted by atomic mass is 16.5. The lowest BCUT2D eigenvalue weighted by Gasteiger charge is -2.16. The van der Waals surface area contributed by atoms with Crippen LogP contribution in [0.3, 0.4) is 0 Å². The van der Waals surface area contributed by atoms with Gasteiger partial charge in [0.1, 0.15) is 12.4 Å². The van der Waals surface area contributed by atoms with Gasteiger partial charge in [0.25, 0.3) is 5.82 Å². The number of rotatable bonds is 5. The minimum absolute atomic E-state index is 0.0618. The Bertz CT molecular complexity index is 1230. The zero-order chi connectivity index (χ0) is 20.2. The summed E-state index contributed by atoms with van der Waals surface area (Å²) in [6.07, 6.45) is 1.45. The molecule has 142 valence electrons. The number of para-hydroxylation sites is 1. The van der Waals surface area contributed by atoms with Gasteiger partial charge in [0.15, 0.2) is 0 Å². The van der Waals surface area contributed by atoms with Gasteiger partial charge in [-0.1, -0.05) is 48.5 Å². The van der Waals surface area contributed by atoms with Gasteiger partial charge in [0.2, 0.25) is 0 Å². The fraction of sp³-hybridized carbons (Fsp3) is 0.136. The lowest BCUT2D eigenvalue weighted by atomic mass is 9.94. The number of ether oxygens (including phenoxy) is 1. The molecule has 0 aliphatic rings. The van der Waals surface area contributed by atoms with Crippen LogP contribution in [0.5, 0.6) is 0 Å². The number of pyridine rings is 1. The van der Waals surface area contributed by atoms with Crippen molar-refractivity contribution in [3.05, 3.63) is 78.0 Å².